The summed E-state index contributed by atoms with van der Waals surface area (Å²) in [5.41, 5.74) is 0. The Balaban J connectivity index is 2.42. The van der Waals surface area contributed by atoms with E-state index in [1.807, 2.05) is 0 Å². The van der Waals surface area contributed by atoms with E-state index >= 15 is 0 Å². The van der Waals surface area contributed by atoms with Crippen molar-refractivity contribution >= 4 is 27.4 Å². The van der Waals surface area contributed by atoms with Crippen molar-refractivity contribution in [3.63, 3.8) is 0 Å². The number of hydrogen-bond donors (Lipinski definition) is 1. The quantitative estimate of drug-likeness (QED) is 0.865. The van der Waals surface area contributed by atoms with Crippen molar-refractivity contribution in [2.24, 2.45) is 5.92 Å². The molecular weight excluding hydrogens is 314 g/mol. The van der Waals surface area contributed by atoms with Gasteiger partial charge in [-0.3, -0.25) is 4.79 Å². The Morgan fingerprint density at radius 2 is 1.86 bits per heavy atom. The van der Waals surface area contributed by atoms with E-state index < -0.39 is 24.2 Å². The average Bonchev–Trinajstić information content (AvgIpc) is 2.88. The number of benzene rings is 1. The first-order chi connectivity index (χ1) is 10.3. The smallest absolute Gasteiger partial charge is 0.306 e. The van der Waals surface area contributed by atoms with Gasteiger partial charge in [-0.05, 0) is 17.5 Å². The number of fused-ring (bicyclic) bond motifs is 1. The molecular formula is C15H16F2O4S. The standard InChI is InChI=1S/C15H16F2O4S/c1-8(14(18)19)7-15(16,17)13-5-9-4-10(20-2)11(21-3)6-12(9)22-13/h4-6,8H,7H2,1-3H3,(H,18,19)/t8-/m0/s1. The van der Waals surface area contributed by atoms with Crippen LogP contribution < -0.4 is 9.47 Å². The van der Waals surface area contributed by atoms with Crippen LogP contribution in [0.3, 0.4) is 0 Å². The van der Waals surface area contributed by atoms with E-state index in [0.717, 1.165) is 11.3 Å². The second kappa shape index (κ2) is 6.08. The van der Waals surface area contributed by atoms with E-state index in [1.54, 1.807) is 12.1 Å². The Kier molecular flexibility index (Phi) is 4.55. The van der Waals surface area contributed by atoms with Gasteiger partial charge in [0.2, 0.25) is 0 Å². The molecule has 22 heavy (non-hydrogen) atoms. The number of alkyl halides is 2. The first-order valence-electron chi connectivity index (χ1n) is 6.55. The molecule has 2 rings (SSSR count). The molecule has 120 valence electrons. The summed E-state index contributed by atoms with van der Waals surface area (Å²) in [6.07, 6.45) is -0.733. The molecule has 0 aliphatic carbocycles. The monoisotopic (exact) mass is 330 g/mol. The van der Waals surface area contributed by atoms with Crippen LogP contribution in [0.5, 0.6) is 11.5 Å². The largest absolute Gasteiger partial charge is 0.493 e. The summed E-state index contributed by atoms with van der Waals surface area (Å²) in [5, 5.41) is 9.42. The van der Waals surface area contributed by atoms with Gasteiger partial charge < -0.3 is 14.6 Å². The molecule has 0 spiro atoms. The minimum Gasteiger partial charge on any atom is -0.493 e. The Bertz CT molecular complexity index is 655. The Hall–Kier alpha value is -1.89. The fourth-order valence-electron chi connectivity index (χ4n) is 2.12. The van der Waals surface area contributed by atoms with Gasteiger partial charge in [-0.1, -0.05) is 6.92 Å². The molecule has 7 heteroatoms. The highest BCUT2D eigenvalue weighted by molar-refractivity contribution is 7.19. The Morgan fingerprint density at radius 3 is 2.41 bits per heavy atom. The molecule has 1 atom stereocenters. The molecule has 1 heterocycles. The number of thiophene rings is 1. The number of carbonyl (C=O) groups is 1. The molecule has 2 aromatic rings. The third-order valence-corrected chi connectivity index (χ3v) is 4.58. The van der Waals surface area contributed by atoms with Gasteiger partial charge in [-0.25, -0.2) is 8.78 Å². The maximum Gasteiger partial charge on any atom is 0.306 e. The lowest BCUT2D eigenvalue weighted by Gasteiger charge is -2.16. The van der Waals surface area contributed by atoms with Gasteiger partial charge in [-0.15, -0.1) is 11.3 Å². The molecule has 0 saturated carbocycles. The average molecular weight is 330 g/mol. The summed E-state index contributed by atoms with van der Waals surface area (Å²) >= 11 is 0.928. The number of methoxy groups -OCH3 is 2. The van der Waals surface area contributed by atoms with Crippen molar-refractivity contribution in [2.45, 2.75) is 19.3 Å². The molecule has 4 nitrogen and oxygen atoms in total. The highest BCUT2D eigenvalue weighted by atomic mass is 32.1. The van der Waals surface area contributed by atoms with Gasteiger partial charge in [0.25, 0.3) is 5.92 Å². The van der Waals surface area contributed by atoms with Crippen LogP contribution in [0.25, 0.3) is 10.1 Å². The third kappa shape index (κ3) is 3.14. The molecule has 0 unspecified atom stereocenters. The van der Waals surface area contributed by atoms with Gasteiger partial charge in [0.15, 0.2) is 11.5 Å². The van der Waals surface area contributed by atoms with Crippen LogP contribution >= 0.6 is 11.3 Å². The van der Waals surface area contributed by atoms with Crippen LogP contribution in [0.2, 0.25) is 0 Å². The highest BCUT2D eigenvalue weighted by Crippen LogP contribution is 2.43. The molecule has 1 aromatic carbocycles. The van der Waals surface area contributed by atoms with Crippen LogP contribution in [0.15, 0.2) is 18.2 Å². The van der Waals surface area contributed by atoms with Crippen molar-refractivity contribution in [1.82, 2.24) is 0 Å². The van der Waals surface area contributed by atoms with E-state index in [4.69, 9.17) is 14.6 Å². The molecule has 0 radical (unpaired) electrons. The minimum atomic E-state index is -3.19. The maximum absolute atomic E-state index is 14.3. The number of ether oxygens (including phenoxy) is 2. The zero-order valence-corrected chi connectivity index (χ0v) is 13.2. The van der Waals surface area contributed by atoms with Crippen molar-refractivity contribution in [3.8, 4) is 11.5 Å². The highest BCUT2D eigenvalue weighted by Gasteiger charge is 2.37. The van der Waals surface area contributed by atoms with Crippen LogP contribution in [0.1, 0.15) is 18.2 Å². The second-order valence-electron chi connectivity index (χ2n) is 5.00. The minimum absolute atomic E-state index is 0.161. The summed E-state index contributed by atoms with van der Waals surface area (Å²) in [7, 11) is 2.95. The second-order valence-corrected chi connectivity index (χ2v) is 6.09. The molecule has 0 bridgehead atoms. The lowest BCUT2D eigenvalue weighted by atomic mass is 10.0. The predicted molar refractivity (Wildman–Crippen MR) is 80.2 cm³/mol. The van der Waals surface area contributed by atoms with Gasteiger partial charge in [0, 0.05) is 17.2 Å². The van der Waals surface area contributed by atoms with Crippen LogP contribution in [-0.2, 0) is 10.7 Å². The van der Waals surface area contributed by atoms with Crippen molar-refractivity contribution in [1.29, 1.82) is 0 Å². The molecule has 0 amide bonds. The SMILES string of the molecule is COc1cc2cc(C(F)(F)C[C@H](C)C(=O)O)sc2cc1OC. The number of carboxylic acids is 1. The summed E-state index contributed by atoms with van der Waals surface area (Å²) in [6.45, 7) is 1.27. The topological polar surface area (TPSA) is 55.8 Å². The van der Waals surface area contributed by atoms with Crippen LogP contribution in [-0.4, -0.2) is 25.3 Å². The molecule has 0 aliphatic rings. The van der Waals surface area contributed by atoms with Crippen LogP contribution in [0, 0.1) is 5.92 Å². The first-order valence-corrected chi connectivity index (χ1v) is 7.37. The number of halogens is 2. The third-order valence-electron chi connectivity index (χ3n) is 3.37. The lowest BCUT2D eigenvalue weighted by molar-refractivity contribution is -0.144. The van der Waals surface area contributed by atoms with Crippen molar-refractivity contribution in [3.05, 3.63) is 23.1 Å². The van der Waals surface area contributed by atoms with Crippen LogP contribution in [0.4, 0.5) is 8.78 Å². The van der Waals surface area contributed by atoms with E-state index in [9.17, 15) is 13.6 Å². The summed E-state index contributed by atoms with van der Waals surface area (Å²) in [4.78, 5) is 10.6. The number of aliphatic carboxylic acids is 1. The lowest BCUT2D eigenvalue weighted by Crippen LogP contribution is -2.21. The van der Waals surface area contributed by atoms with Crippen molar-refractivity contribution < 1.29 is 28.2 Å². The molecule has 0 aliphatic heterocycles. The van der Waals surface area contributed by atoms with Gasteiger partial charge in [0.05, 0.1) is 25.0 Å². The Morgan fingerprint density at radius 1 is 1.27 bits per heavy atom. The van der Waals surface area contributed by atoms with E-state index in [-0.39, 0.29) is 4.88 Å². The van der Waals surface area contributed by atoms with E-state index in [0.29, 0.717) is 21.6 Å². The number of hydrogen-bond acceptors (Lipinski definition) is 4. The van der Waals surface area contributed by atoms with E-state index in [1.165, 1.54) is 27.2 Å². The fraction of sp³-hybridized carbons (Fsp3) is 0.400. The van der Waals surface area contributed by atoms with E-state index in [2.05, 4.69) is 0 Å². The zero-order valence-electron chi connectivity index (χ0n) is 12.4. The molecule has 0 saturated heterocycles. The summed E-state index contributed by atoms with van der Waals surface area (Å²) in [6, 6.07) is 4.64. The molecule has 1 aromatic heterocycles. The molecule has 1 N–H and O–H groups in total. The predicted octanol–water partition coefficient (Wildman–Crippen LogP) is 4.12. The van der Waals surface area contributed by atoms with Gasteiger partial charge >= 0.3 is 5.97 Å². The number of carboxylic acid groups (broad SMARTS) is 1. The van der Waals surface area contributed by atoms with Gasteiger partial charge in [0.1, 0.15) is 0 Å². The molecule has 0 fully saturated rings. The summed E-state index contributed by atoms with van der Waals surface area (Å²) in [5.74, 6) is -4.62. The van der Waals surface area contributed by atoms with Crippen molar-refractivity contribution in [2.75, 3.05) is 14.2 Å². The van der Waals surface area contributed by atoms with Gasteiger partial charge in [-0.2, -0.15) is 0 Å². The number of rotatable bonds is 6. The fourth-order valence-corrected chi connectivity index (χ4v) is 3.18. The normalized spacial score (nSPS) is 13.1. The zero-order chi connectivity index (χ0) is 16.5. The Labute approximate surface area is 130 Å². The summed E-state index contributed by atoms with van der Waals surface area (Å²) < 4.78 is 39.4. The first kappa shape index (κ1) is 16.5. The maximum atomic E-state index is 14.3.